The first kappa shape index (κ1) is 36.3. The van der Waals surface area contributed by atoms with Crippen molar-refractivity contribution in [2.45, 2.75) is 86.0 Å². The van der Waals surface area contributed by atoms with Crippen molar-refractivity contribution in [1.29, 1.82) is 0 Å². The monoisotopic (exact) mass is 853 g/mol. The molecule has 7 rings (SSSR count). The molecule has 0 fully saturated rings. The van der Waals surface area contributed by atoms with Crippen molar-refractivity contribution in [2.24, 2.45) is 0 Å². The van der Waals surface area contributed by atoms with Gasteiger partial charge >= 0.3 is 21.1 Å². The summed E-state index contributed by atoms with van der Waals surface area (Å²) in [6.45, 7) is 15.9. The third kappa shape index (κ3) is 7.06. The molecule has 0 aliphatic rings. The minimum atomic E-state index is 0. The number of pyridine rings is 1. The van der Waals surface area contributed by atoms with Crippen molar-refractivity contribution in [2.75, 3.05) is 0 Å². The van der Waals surface area contributed by atoms with E-state index in [0.717, 1.165) is 70.1 Å². The molecule has 7 aromatic rings. The van der Waals surface area contributed by atoms with E-state index in [1.54, 1.807) is 0 Å². The van der Waals surface area contributed by atoms with Crippen LogP contribution in [0.3, 0.4) is 0 Å². The first-order valence-corrected chi connectivity index (χ1v) is 18.0. The van der Waals surface area contributed by atoms with Gasteiger partial charge in [0.25, 0.3) is 0 Å². The minimum Gasteiger partial charge on any atom is -0.509 e. The van der Waals surface area contributed by atoms with Crippen LogP contribution < -0.4 is 4.74 Å². The molecule has 4 aromatic carbocycles. The van der Waals surface area contributed by atoms with Crippen LogP contribution >= 0.6 is 0 Å². The Hall–Kier alpha value is -4.47. The second-order valence-corrected chi connectivity index (χ2v) is 13.9. The predicted molar refractivity (Wildman–Crippen MR) is 206 cm³/mol. The fraction of sp³-hybridized carbons (Fsp3) is 0.289. The summed E-state index contributed by atoms with van der Waals surface area (Å²) in [6, 6.07) is 32.0. The summed E-state index contributed by atoms with van der Waals surface area (Å²) >= 11 is 0. The molecule has 5 nitrogen and oxygen atoms in total. The summed E-state index contributed by atoms with van der Waals surface area (Å²) in [4.78, 5) is 4.71. The van der Waals surface area contributed by atoms with E-state index < -0.39 is 0 Å². The Morgan fingerprint density at radius 3 is 2.18 bits per heavy atom. The van der Waals surface area contributed by atoms with Crippen LogP contribution in [0.2, 0.25) is 0 Å². The number of hydrogen-bond donors (Lipinski definition) is 0. The van der Waals surface area contributed by atoms with E-state index in [2.05, 4.69) is 114 Å². The summed E-state index contributed by atoms with van der Waals surface area (Å²) in [5, 5.41) is 7.15. The zero-order chi connectivity index (χ0) is 34.9. The Morgan fingerprint density at radius 1 is 0.765 bits per heavy atom. The molecular weight excluding hydrogens is 808 g/mol. The van der Waals surface area contributed by atoms with Crippen LogP contribution in [-0.2, 0) is 21.1 Å². The number of nitrogens with zero attached hydrogens (tertiary/aromatic N) is 4. The zero-order valence-corrected chi connectivity index (χ0v) is 32.9. The van der Waals surface area contributed by atoms with Gasteiger partial charge in [0.05, 0.1) is 6.20 Å². The van der Waals surface area contributed by atoms with Gasteiger partial charge in [-0.3, -0.25) is 4.68 Å². The molecule has 0 spiro atoms. The topological polar surface area (TPSA) is 44.9 Å². The van der Waals surface area contributed by atoms with Gasteiger partial charge in [0.2, 0.25) is 0 Å². The van der Waals surface area contributed by atoms with Crippen molar-refractivity contribution in [3.05, 3.63) is 131 Å². The van der Waals surface area contributed by atoms with Gasteiger partial charge < -0.3 is 9.30 Å². The van der Waals surface area contributed by atoms with Gasteiger partial charge in [-0.15, -0.1) is 35.7 Å². The van der Waals surface area contributed by atoms with Crippen LogP contribution in [0, 0.1) is 32.9 Å². The maximum absolute atomic E-state index is 6.45. The Balaban J connectivity index is 0.00000448. The Kier molecular flexibility index (Phi) is 11.0. The van der Waals surface area contributed by atoms with Crippen molar-refractivity contribution in [3.63, 3.8) is 0 Å². The number of aryl methyl sites for hydroxylation is 3. The molecule has 3 aromatic heterocycles. The van der Waals surface area contributed by atoms with Gasteiger partial charge in [0.15, 0.2) is 0 Å². The first-order chi connectivity index (χ1) is 24.3. The van der Waals surface area contributed by atoms with Gasteiger partial charge in [0, 0.05) is 35.0 Å². The smallest absolute Gasteiger partial charge is 0.509 e. The van der Waals surface area contributed by atoms with Crippen LogP contribution in [0.15, 0.2) is 91.4 Å². The van der Waals surface area contributed by atoms with Gasteiger partial charge in [0.1, 0.15) is 5.82 Å². The average Bonchev–Trinajstić information content (AvgIpc) is 3.71. The Bertz CT molecular complexity index is 2280. The summed E-state index contributed by atoms with van der Waals surface area (Å²) in [5.74, 6) is 3.00. The first-order valence-electron chi connectivity index (χ1n) is 18.0. The summed E-state index contributed by atoms with van der Waals surface area (Å²) < 4.78 is 10.5. The van der Waals surface area contributed by atoms with Crippen molar-refractivity contribution in [1.82, 2.24) is 19.3 Å². The third-order valence-corrected chi connectivity index (χ3v) is 10.0. The number of rotatable bonds is 11. The van der Waals surface area contributed by atoms with E-state index in [9.17, 15) is 0 Å². The molecule has 0 saturated heterocycles. The fourth-order valence-corrected chi connectivity index (χ4v) is 7.90. The molecule has 2 atom stereocenters. The fourth-order valence-electron chi connectivity index (χ4n) is 7.90. The molecule has 0 aliphatic heterocycles. The number of benzene rings is 4. The second kappa shape index (κ2) is 15.4. The molecule has 262 valence electrons. The Labute approximate surface area is 317 Å². The number of fused-ring (bicyclic) bond motifs is 3. The van der Waals surface area contributed by atoms with Crippen molar-refractivity contribution < 1.29 is 25.8 Å². The quantitative estimate of drug-likeness (QED) is 0.122. The molecule has 2 unspecified atom stereocenters. The van der Waals surface area contributed by atoms with Crippen LogP contribution in [0.25, 0.3) is 44.4 Å². The molecule has 0 amide bonds. The summed E-state index contributed by atoms with van der Waals surface area (Å²) in [5.41, 5.74) is 12.1. The van der Waals surface area contributed by atoms with Gasteiger partial charge in [-0.25, -0.2) is 4.98 Å². The normalized spacial score (nSPS) is 12.6. The molecule has 3 heterocycles. The van der Waals surface area contributed by atoms with E-state index in [1.807, 2.05) is 47.4 Å². The van der Waals surface area contributed by atoms with Crippen LogP contribution in [0.5, 0.6) is 11.5 Å². The van der Waals surface area contributed by atoms with Crippen LogP contribution in [0.4, 0.5) is 0 Å². The molecule has 0 bridgehead atoms. The molecule has 6 heteroatoms. The van der Waals surface area contributed by atoms with E-state index >= 15 is 0 Å². The van der Waals surface area contributed by atoms with E-state index in [-0.39, 0.29) is 21.1 Å². The molecular formula is C45H46N4OPt. The maximum Gasteiger partial charge on any atom is 2.00 e. The molecule has 0 radical (unpaired) electrons. The van der Waals surface area contributed by atoms with Crippen LogP contribution in [-0.4, -0.2) is 19.3 Å². The maximum atomic E-state index is 6.45. The van der Waals surface area contributed by atoms with E-state index in [1.165, 1.54) is 27.8 Å². The molecule has 0 saturated carbocycles. The average molecular weight is 854 g/mol. The molecule has 0 aliphatic carbocycles. The minimum absolute atomic E-state index is 0. The van der Waals surface area contributed by atoms with Gasteiger partial charge in [-0.1, -0.05) is 70.3 Å². The SMILES string of the molecule is CCCC(C)c1c(C)cc(C)c(C(C)CCC)c1-c1cnn(-c2[c-]c(Oc3[c-]c4c(cc3)c3ccccc3n4-c3cc(C)ccn3)ccc2)c1.[Pt+2]. The third-order valence-electron chi connectivity index (χ3n) is 10.0. The summed E-state index contributed by atoms with van der Waals surface area (Å²) in [7, 11) is 0. The Morgan fingerprint density at radius 2 is 1.47 bits per heavy atom. The molecule has 0 N–H and O–H groups in total. The van der Waals surface area contributed by atoms with E-state index in [4.69, 9.17) is 14.8 Å². The summed E-state index contributed by atoms with van der Waals surface area (Å²) in [6.07, 6.45) is 10.7. The molecule has 51 heavy (non-hydrogen) atoms. The second-order valence-electron chi connectivity index (χ2n) is 13.9. The number of para-hydroxylation sites is 1. The van der Waals surface area contributed by atoms with Crippen molar-refractivity contribution in [3.8, 4) is 34.1 Å². The van der Waals surface area contributed by atoms with Crippen LogP contribution in [0.1, 0.15) is 93.0 Å². The van der Waals surface area contributed by atoms with Gasteiger partial charge in [-0.05, 0) is 108 Å². The van der Waals surface area contributed by atoms with Gasteiger partial charge in [-0.2, -0.15) is 17.2 Å². The largest absolute Gasteiger partial charge is 2.00 e. The number of ether oxygens (including phenoxy) is 1. The standard InChI is InChI=1S/C45H46N4O.Pt/c1-8-13-30(4)43-32(6)24-33(7)44(31(5)14-9-2)45(43)34-27-47-48(28-34)35-15-12-16-36(25-35)50-37-19-20-39-38-17-10-11-18-40(38)49(41(39)26-37)42-23-29(3)21-22-46-42;/h10-12,15-24,27-28,30-31H,8-9,13-14H2,1-7H3;/q-2;+2. The van der Waals surface area contributed by atoms with E-state index in [0.29, 0.717) is 23.3 Å². The predicted octanol–water partition coefficient (Wildman–Crippen LogP) is 12.2. The zero-order valence-electron chi connectivity index (χ0n) is 30.7. The number of hydrogen-bond acceptors (Lipinski definition) is 3. The number of aromatic nitrogens is 4. The van der Waals surface area contributed by atoms with Crippen molar-refractivity contribution >= 4 is 21.8 Å².